The summed E-state index contributed by atoms with van der Waals surface area (Å²) in [6.45, 7) is 7.37. The van der Waals surface area contributed by atoms with Crippen LogP contribution in [0.2, 0.25) is 0 Å². The molecule has 0 aliphatic rings. The van der Waals surface area contributed by atoms with Gasteiger partial charge in [0, 0.05) is 0 Å². The van der Waals surface area contributed by atoms with Gasteiger partial charge in [0.05, 0.1) is 4.90 Å². The fourth-order valence-electron chi connectivity index (χ4n) is 1.49. The fraction of sp³-hybridized carbons (Fsp3) is 0.462. The van der Waals surface area contributed by atoms with E-state index in [1.807, 2.05) is 20.8 Å². The summed E-state index contributed by atoms with van der Waals surface area (Å²) in [7, 11) is -3.80. The largest absolute Gasteiger partial charge is 0.480 e. The van der Waals surface area contributed by atoms with Gasteiger partial charge in [0.15, 0.2) is 0 Å². The first-order valence-electron chi connectivity index (χ1n) is 5.90. The molecule has 1 rings (SSSR count). The highest BCUT2D eigenvalue weighted by atomic mass is 32.2. The van der Waals surface area contributed by atoms with Gasteiger partial charge in [-0.3, -0.25) is 4.79 Å². The topological polar surface area (TPSA) is 83.5 Å². The standard InChI is InChI=1S/C13H19NO4S/c1-9(12(15)16)14-19(17,18)11-7-5-10(6-8-11)13(2,3)4/h5-9,14H,1-4H3,(H,15,16)/t9-/m1/s1. The summed E-state index contributed by atoms with van der Waals surface area (Å²) in [5, 5.41) is 8.72. The first-order chi connectivity index (χ1) is 8.54. The van der Waals surface area contributed by atoms with Crippen LogP contribution in [0.5, 0.6) is 0 Å². The van der Waals surface area contributed by atoms with E-state index in [2.05, 4.69) is 4.72 Å². The predicted molar refractivity (Wildman–Crippen MR) is 72.6 cm³/mol. The number of nitrogens with one attached hydrogen (secondary N) is 1. The summed E-state index contributed by atoms with van der Waals surface area (Å²) < 4.78 is 26.0. The minimum Gasteiger partial charge on any atom is -0.480 e. The zero-order chi connectivity index (χ0) is 14.8. The van der Waals surface area contributed by atoms with Crippen molar-refractivity contribution in [3.8, 4) is 0 Å². The third-order valence-electron chi connectivity index (χ3n) is 2.73. The summed E-state index contributed by atoms with van der Waals surface area (Å²) in [4.78, 5) is 10.7. The summed E-state index contributed by atoms with van der Waals surface area (Å²) in [6.07, 6.45) is 0. The van der Waals surface area contributed by atoms with Crippen molar-refractivity contribution in [3.05, 3.63) is 29.8 Å². The minimum absolute atomic E-state index is 0.0635. The number of rotatable bonds is 4. The molecule has 0 bridgehead atoms. The highest BCUT2D eigenvalue weighted by Crippen LogP contribution is 2.23. The number of carbonyl (C=O) groups is 1. The van der Waals surface area contributed by atoms with Crippen molar-refractivity contribution >= 4 is 16.0 Å². The van der Waals surface area contributed by atoms with E-state index >= 15 is 0 Å². The molecule has 1 aromatic rings. The second kappa shape index (κ2) is 5.30. The Balaban J connectivity index is 3.01. The summed E-state index contributed by atoms with van der Waals surface area (Å²) in [5.41, 5.74) is 0.946. The van der Waals surface area contributed by atoms with Crippen LogP contribution in [0.4, 0.5) is 0 Å². The van der Waals surface area contributed by atoms with Crippen molar-refractivity contribution in [2.75, 3.05) is 0 Å². The van der Waals surface area contributed by atoms with Gasteiger partial charge in [-0.1, -0.05) is 32.9 Å². The molecule has 0 radical (unpaired) electrons. The molecular formula is C13H19NO4S. The Labute approximate surface area is 113 Å². The third kappa shape index (κ3) is 4.04. The fourth-order valence-corrected chi connectivity index (χ4v) is 2.68. The van der Waals surface area contributed by atoms with Crippen LogP contribution >= 0.6 is 0 Å². The van der Waals surface area contributed by atoms with E-state index < -0.39 is 22.0 Å². The molecule has 0 aromatic heterocycles. The van der Waals surface area contributed by atoms with Crippen LogP contribution < -0.4 is 4.72 Å². The zero-order valence-electron chi connectivity index (χ0n) is 11.5. The Morgan fingerprint density at radius 2 is 1.68 bits per heavy atom. The SMILES string of the molecule is C[C@@H](NS(=O)(=O)c1ccc(C(C)(C)C)cc1)C(=O)O. The lowest BCUT2D eigenvalue weighted by molar-refractivity contribution is -0.138. The van der Waals surface area contributed by atoms with Crippen LogP contribution in [0.15, 0.2) is 29.2 Å². The molecule has 0 unspecified atom stereocenters. The molecule has 0 heterocycles. The molecule has 19 heavy (non-hydrogen) atoms. The molecule has 2 N–H and O–H groups in total. The molecular weight excluding hydrogens is 266 g/mol. The Kier molecular flexibility index (Phi) is 4.37. The Hall–Kier alpha value is -1.40. The lowest BCUT2D eigenvalue weighted by Gasteiger charge is -2.19. The minimum atomic E-state index is -3.80. The monoisotopic (exact) mass is 285 g/mol. The van der Waals surface area contributed by atoms with E-state index in [-0.39, 0.29) is 10.3 Å². The number of hydrogen-bond acceptors (Lipinski definition) is 3. The number of carboxylic acids is 1. The van der Waals surface area contributed by atoms with Crippen molar-refractivity contribution < 1.29 is 18.3 Å². The van der Waals surface area contributed by atoms with Crippen LogP contribution in [0, 0.1) is 0 Å². The highest BCUT2D eigenvalue weighted by Gasteiger charge is 2.22. The van der Waals surface area contributed by atoms with Gasteiger partial charge in [-0.25, -0.2) is 8.42 Å². The van der Waals surface area contributed by atoms with Crippen molar-refractivity contribution in [2.45, 2.75) is 44.0 Å². The summed E-state index contributed by atoms with van der Waals surface area (Å²) in [6, 6.07) is 5.28. The normalized spacial score (nSPS) is 14.1. The summed E-state index contributed by atoms with van der Waals surface area (Å²) in [5.74, 6) is -1.21. The van der Waals surface area contributed by atoms with Crippen molar-refractivity contribution in [3.63, 3.8) is 0 Å². The van der Waals surface area contributed by atoms with Crippen molar-refractivity contribution in [1.82, 2.24) is 4.72 Å². The van der Waals surface area contributed by atoms with Gasteiger partial charge in [-0.15, -0.1) is 0 Å². The second-order valence-corrected chi connectivity index (χ2v) is 7.17. The van der Waals surface area contributed by atoms with E-state index in [4.69, 9.17) is 5.11 Å². The van der Waals surface area contributed by atoms with Crippen LogP contribution in [-0.4, -0.2) is 25.5 Å². The van der Waals surface area contributed by atoms with Gasteiger partial charge >= 0.3 is 5.97 Å². The predicted octanol–water partition coefficient (Wildman–Crippen LogP) is 1.74. The molecule has 1 atom stereocenters. The maximum absolute atomic E-state index is 11.9. The van der Waals surface area contributed by atoms with Gasteiger partial charge in [0.2, 0.25) is 10.0 Å². The van der Waals surface area contributed by atoms with E-state index in [1.165, 1.54) is 19.1 Å². The molecule has 5 nitrogen and oxygen atoms in total. The number of benzene rings is 1. The lowest BCUT2D eigenvalue weighted by atomic mass is 9.87. The number of hydrogen-bond donors (Lipinski definition) is 2. The zero-order valence-corrected chi connectivity index (χ0v) is 12.3. The lowest BCUT2D eigenvalue weighted by Crippen LogP contribution is -2.38. The van der Waals surface area contributed by atoms with E-state index in [0.29, 0.717) is 0 Å². The highest BCUT2D eigenvalue weighted by molar-refractivity contribution is 7.89. The molecule has 0 saturated heterocycles. The molecule has 0 saturated carbocycles. The van der Waals surface area contributed by atoms with E-state index in [1.54, 1.807) is 12.1 Å². The van der Waals surface area contributed by atoms with Gasteiger partial charge in [-0.05, 0) is 30.0 Å². The molecule has 6 heteroatoms. The Bertz CT molecular complexity index is 555. The first kappa shape index (κ1) is 15.7. The van der Waals surface area contributed by atoms with Crippen LogP contribution in [0.3, 0.4) is 0 Å². The molecule has 0 spiro atoms. The molecule has 106 valence electrons. The van der Waals surface area contributed by atoms with E-state index in [9.17, 15) is 13.2 Å². The molecule has 0 fully saturated rings. The van der Waals surface area contributed by atoms with E-state index in [0.717, 1.165) is 5.56 Å². The smallest absolute Gasteiger partial charge is 0.321 e. The maximum Gasteiger partial charge on any atom is 0.321 e. The van der Waals surface area contributed by atoms with Gasteiger partial charge in [0.25, 0.3) is 0 Å². The quantitative estimate of drug-likeness (QED) is 0.882. The molecule has 1 aromatic carbocycles. The first-order valence-corrected chi connectivity index (χ1v) is 7.38. The maximum atomic E-state index is 11.9. The summed E-state index contributed by atoms with van der Waals surface area (Å²) >= 11 is 0. The average molecular weight is 285 g/mol. The number of carboxylic acid groups (broad SMARTS) is 1. The Morgan fingerprint density at radius 1 is 1.21 bits per heavy atom. The van der Waals surface area contributed by atoms with Gasteiger partial charge < -0.3 is 5.11 Å². The Morgan fingerprint density at radius 3 is 2.05 bits per heavy atom. The number of sulfonamides is 1. The van der Waals surface area contributed by atoms with Crippen molar-refractivity contribution in [1.29, 1.82) is 0 Å². The average Bonchev–Trinajstić information content (AvgIpc) is 2.27. The van der Waals surface area contributed by atoms with Gasteiger partial charge in [-0.2, -0.15) is 4.72 Å². The van der Waals surface area contributed by atoms with Crippen molar-refractivity contribution in [2.24, 2.45) is 0 Å². The number of aliphatic carboxylic acids is 1. The van der Waals surface area contributed by atoms with Crippen LogP contribution in [0.25, 0.3) is 0 Å². The molecule has 0 amide bonds. The third-order valence-corrected chi connectivity index (χ3v) is 4.29. The van der Waals surface area contributed by atoms with Crippen LogP contribution in [-0.2, 0) is 20.2 Å². The second-order valence-electron chi connectivity index (χ2n) is 5.46. The van der Waals surface area contributed by atoms with Crippen LogP contribution in [0.1, 0.15) is 33.3 Å². The van der Waals surface area contributed by atoms with Gasteiger partial charge in [0.1, 0.15) is 6.04 Å². The molecule has 0 aliphatic heterocycles. The molecule has 0 aliphatic carbocycles.